The monoisotopic (exact) mass is 216 g/mol. The number of amidine groups is 1. The molecule has 0 bridgehead atoms. The summed E-state index contributed by atoms with van der Waals surface area (Å²) in [6.45, 7) is 7.21. The average Bonchev–Trinajstić information content (AvgIpc) is 2.15. The van der Waals surface area contributed by atoms with E-state index < -0.39 is 0 Å². The number of nitrogens with two attached hydrogens (primary N) is 1. The largest absolute Gasteiger partial charge is 0.409 e. The van der Waals surface area contributed by atoms with Gasteiger partial charge in [-0.05, 0) is 27.7 Å². The van der Waals surface area contributed by atoms with E-state index in [4.69, 9.17) is 10.9 Å². The zero-order valence-corrected chi connectivity index (χ0v) is 9.61. The number of hydrogen-bond acceptors (Lipinski definition) is 4. The maximum absolute atomic E-state index is 11.5. The van der Waals surface area contributed by atoms with Crippen LogP contribution in [0.1, 0.15) is 27.7 Å². The molecule has 0 aromatic rings. The van der Waals surface area contributed by atoms with Crippen LogP contribution < -0.4 is 16.4 Å². The molecule has 0 rings (SSSR count). The second kappa shape index (κ2) is 6.23. The number of carbonyl (C=O) groups is 1. The number of oxime groups is 1. The van der Waals surface area contributed by atoms with E-state index in [0.717, 1.165) is 0 Å². The molecule has 0 radical (unpaired) electrons. The summed E-state index contributed by atoms with van der Waals surface area (Å²) >= 11 is 0. The zero-order chi connectivity index (χ0) is 12.0. The summed E-state index contributed by atoms with van der Waals surface area (Å²) in [5.41, 5.74) is 5.37. The molecule has 0 saturated carbocycles. The van der Waals surface area contributed by atoms with Crippen molar-refractivity contribution in [3.63, 3.8) is 0 Å². The standard InChI is InChI=1S/C9H20N4O2/c1-5(2)11-9(14)7(4)12-6(3)8(10)13-15/h5-7,12,15H,1-4H3,(H2,10,13)(H,11,14). The minimum atomic E-state index is -0.386. The van der Waals surface area contributed by atoms with Crippen molar-refractivity contribution in [2.75, 3.05) is 0 Å². The highest BCUT2D eigenvalue weighted by Gasteiger charge is 2.17. The Morgan fingerprint density at radius 1 is 1.27 bits per heavy atom. The molecule has 0 spiro atoms. The molecule has 0 saturated heterocycles. The van der Waals surface area contributed by atoms with Gasteiger partial charge in [-0.2, -0.15) is 0 Å². The Morgan fingerprint density at radius 3 is 2.20 bits per heavy atom. The highest BCUT2D eigenvalue weighted by Crippen LogP contribution is 1.90. The van der Waals surface area contributed by atoms with Gasteiger partial charge in [0.1, 0.15) is 0 Å². The molecule has 0 aromatic carbocycles. The van der Waals surface area contributed by atoms with Gasteiger partial charge >= 0.3 is 0 Å². The quantitative estimate of drug-likeness (QED) is 0.218. The fourth-order valence-electron chi connectivity index (χ4n) is 1.03. The van der Waals surface area contributed by atoms with Crippen molar-refractivity contribution >= 4 is 11.7 Å². The van der Waals surface area contributed by atoms with Crippen LogP contribution in [0.3, 0.4) is 0 Å². The summed E-state index contributed by atoms with van der Waals surface area (Å²) in [5.74, 6) is -0.0539. The maximum Gasteiger partial charge on any atom is 0.237 e. The van der Waals surface area contributed by atoms with Crippen LogP contribution in [-0.4, -0.2) is 35.1 Å². The van der Waals surface area contributed by atoms with Crippen LogP contribution in [0.2, 0.25) is 0 Å². The van der Waals surface area contributed by atoms with E-state index in [9.17, 15) is 4.79 Å². The summed E-state index contributed by atoms with van der Waals surface area (Å²) in [5, 5.41) is 17.0. The van der Waals surface area contributed by atoms with E-state index in [1.807, 2.05) is 13.8 Å². The number of nitrogens with one attached hydrogen (secondary N) is 2. The van der Waals surface area contributed by atoms with Crippen LogP contribution in [0.15, 0.2) is 5.16 Å². The Labute approximate surface area is 89.9 Å². The third-order valence-electron chi connectivity index (χ3n) is 1.88. The van der Waals surface area contributed by atoms with Gasteiger partial charge in [-0.1, -0.05) is 5.16 Å². The third-order valence-corrected chi connectivity index (χ3v) is 1.88. The van der Waals surface area contributed by atoms with Crippen LogP contribution >= 0.6 is 0 Å². The number of amides is 1. The highest BCUT2D eigenvalue weighted by atomic mass is 16.4. The lowest BCUT2D eigenvalue weighted by Gasteiger charge is -2.19. The van der Waals surface area contributed by atoms with Gasteiger partial charge in [0.2, 0.25) is 5.91 Å². The lowest BCUT2D eigenvalue weighted by Crippen LogP contribution is -2.51. The Kier molecular flexibility index (Phi) is 5.69. The first kappa shape index (κ1) is 13.7. The molecule has 88 valence electrons. The Balaban J connectivity index is 4.13. The van der Waals surface area contributed by atoms with Gasteiger partial charge in [-0.3, -0.25) is 10.1 Å². The lowest BCUT2D eigenvalue weighted by molar-refractivity contribution is -0.123. The highest BCUT2D eigenvalue weighted by molar-refractivity contribution is 5.86. The molecule has 5 N–H and O–H groups in total. The number of nitrogens with zero attached hydrogens (tertiary/aromatic N) is 1. The Morgan fingerprint density at radius 2 is 1.80 bits per heavy atom. The lowest BCUT2D eigenvalue weighted by atomic mass is 10.2. The average molecular weight is 216 g/mol. The van der Waals surface area contributed by atoms with Crippen molar-refractivity contribution in [1.29, 1.82) is 0 Å². The van der Waals surface area contributed by atoms with Gasteiger partial charge in [0.05, 0.1) is 12.1 Å². The van der Waals surface area contributed by atoms with Crippen LogP contribution in [-0.2, 0) is 4.79 Å². The minimum Gasteiger partial charge on any atom is -0.409 e. The van der Waals surface area contributed by atoms with Crippen LogP contribution in [0, 0.1) is 0 Å². The van der Waals surface area contributed by atoms with E-state index in [-0.39, 0.29) is 29.9 Å². The Bertz CT molecular complexity index is 240. The van der Waals surface area contributed by atoms with Gasteiger partial charge in [0, 0.05) is 6.04 Å². The van der Waals surface area contributed by atoms with Gasteiger partial charge in [0.25, 0.3) is 0 Å². The fourth-order valence-corrected chi connectivity index (χ4v) is 1.03. The molecule has 2 atom stereocenters. The topological polar surface area (TPSA) is 99.7 Å². The van der Waals surface area contributed by atoms with E-state index in [2.05, 4.69) is 15.8 Å². The summed E-state index contributed by atoms with van der Waals surface area (Å²) in [6.07, 6.45) is 0. The van der Waals surface area contributed by atoms with Crippen molar-refractivity contribution in [1.82, 2.24) is 10.6 Å². The second-order valence-corrected chi connectivity index (χ2v) is 3.80. The molecular formula is C9H20N4O2. The summed E-state index contributed by atoms with van der Waals surface area (Å²) in [6, 6.07) is -0.633. The number of hydrogen-bond donors (Lipinski definition) is 4. The zero-order valence-electron chi connectivity index (χ0n) is 9.61. The number of carbonyl (C=O) groups excluding carboxylic acids is 1. The minimum absolute atomic E-state index is 0.0548. The third kappa shape index (κ3) is 5.21. The second-order valence-electron chi connectivity index (χ2n) is 3.80. The molecule has 1 amide bonds. The molecule has 0 aliphatic rings. The SMILES string of the molecule is CC(C)NC(=O)C(C)NC(C)C(N)=NO. The number of rotatable bonds is 5. The van der Waals surface area contributed by atoms with Gasteiger partial charge in [-0.25, -0.2) is 0 Å². The van der Waals surface area contributed by atoms with E-state index >= 15 is 0 Å². The van der Waals surface area contributed by atoms with Crippen molar-refractivity contribution in [3.8, 4) is 0 Å². The van der Waals surface area contributed by atoms with Gasteiger partial charge in [-0.15, -0.1) is 0 Å². The van der Waals surface area contributed by atoms with Crippen LogP contribution in [0.5, 0.6) is 0 Å². The van der Waals surface area contributed by atoms with E-state index in [0.29, 0.717) is 0 Å². The summed E-state index contributed by atoms with van der Waals surface area (Å²) in [7, 11) is 0. The van der Waals surface area contributed by atoms with Crippen molar-refractivity contribution in [2.24, 2.45) is 10.9 Å². The summed E-state index contributed by atoms with van der Waals surface area (Å²) in [4.78, 5) is 11.5. The molecule has 2 unspecified atom stereocenters. The maximum atomic E-state index is 11.5. The molecule has 0 aromatic heterocycles. The van der Waals surface area contributed by atoms with Crippen LogP contribution in [0.4, 0.5) is 0 Å². The molecule has 15 heavy (non-hydrogen) atoms. The molecule has 6 heteroatoms. The van der Waals surface area contributed by atoms with E-state index in [1.165, 1.54) is 0 Å². The predicted molar refractivity (Wildman–Crippen MR) is 58.7 cm³/mol. The molecule has 0 aliphatic heterocycles. The fraction of sp³-hybridized carbons (Fsp3) is 0.778. The smallest absolute Gasteiger partial charge is 0.237 e. The van der Waals surface area contributed by atoms with Gasteiger partial charge < -0.3 is 16.3 Å². The molecule has 0 fully saturated rings. The van der Waals surface area contributed by atoms with E-state index in [1.54, 1.807) is 13.8 Å². The first-order chi connectivity index (χ1) is 6.88. The predicted octanol–water partition coefficient (Wildman–Crippen LogP) is -0.376. The summed E-state index contributed by atoms with van der Waals surface area (Å²) < 4.78 is 0. The molecule has 0 aliphatic carbocycles. The molecule has 0 heterocycles. The normalized spacial score (nSPS) is 16.2. The van der Waals surface area contributed by atoms with Crippen LogP contribution in [0.25, 0.3) is 0 Å². The Hall–Kier alpha value is -1.30. The van der Waals surface area contributed by atoms with Crippen molar-refractivity contribution < 1.29 is 10.0 Å². The van der Waals surface area contributed by atoms with Gasteiger partial charge in [0.15, 0.2) is 5.84 Å². The molecular weight excluding hydrogens is 196 g/mol. The van der Waals surface area contributed by atoms with Crippen molar-refractivity contribution in [2.45, 2.75) is 45.8 Å². The first-order valence-electron chi connectivity index (χ1n) is 4.92. The first-order valence-corrected chi connectivity index (χ1v) is 4.92. The van der Waals surface area contributed by atoms with Crippen molar-refractivity contribution in [3.05, 3.63) is 0 Å². The molecule has 6 nitrogen and oxygen atoms in total.